The molecule has 1 N–H and O–H groups in total. The Hall–Kier alpha value is -2.70. The van der Waals surface area contributed by atoms with Gasteiger partial charge in [-0.2, -0.15) is 4.98 Å². The fourth-order valence-electron chi connectivity index (χ4n) is 2.14. The number of nitrogens with zero attached hydrogens (tertiary/aromatic N) is 3. The van der Waals surface area contributed by atoms with Crippen LogP contribution in [0.3, 0.4) is 0 Å². The predicted octanol–water partition coefficient (Wildman–Crippen LogP) is 2.57. The molecule has 0 unspecified atom stereocenters. The highest BCUT2D eigenvalue weighted by atomic mass is 16.5. The van der Waals surface area contributed by atoms with Crippen molar-refractivity contribution in [2.75, 3.05) is 19.4 Å². The topological polar surface area (TPSA) is 88.3 Å². The van der Waals surface area contributed by atoms with Crippen molar-refractivity contribution < 1.29 is 14.1 Å². The summed E-state index contributed by atoms with van der Waals surface area (Å²) >= 11 is 0. The first-order chi connectivity index (χ1) is 12.1. The standard InChI is InChI=1S/C19H26N4O3/c1-19(2,3)18-21-16(26-22-18)11-10-15(24)20-14-8-6-13(7-9-14)12-17(25)23(4)5/h6-9H,10-12H2,1-5H3,(H,20,24). The molecule has 0 saturated carbocycles. The van der Waals surface area contributed by atoms with Gasteiger partial charge in [0.05, 0.1) is 6.42 Å². The molecule has 140 valence electrons. The zero-order valence-corrected chi connectivity index (χ0v) is 16.0. The molecule has 1 aromatic heterocycles. The van der Waals surface area contributed by atoms with Crippen LogP contribution in [-0.2, 0) is 27.8 Å². The lowest BCUT2D eigenvalue weighted by Gasteiger charge is -2.11. The maximum absolute atomic E-state index is 12.1. The van der Waals surface area contributed by atoms with Crippen molar-refractivity contribution in [3.63, 3.8) is 0 Å². The van der Waals surface area contributed by atoms with Gasteiger partial charge in [0.15, 0.2) is 5.82 Å². The van der Waals surface area contributed by atoms with Gasteiger partial charge >= 0.3 is 0 Å². The summed E-state index contributed by atoms with van der Waals surface area (Å²) in [5.74, 6) is 1.01. The fourth-order valence-corrected chi connectivity index (χ4v) is 2.14. The molecule has 0 bridgehead atoms. The van der Waals surface area contributed by atoms with Crippen LogP contribution >= 0.6 is 0 Å². The third kappa shape index (κ3) is 5.68. The Morgan fingerprint density at radius 1 is 1.15 bits per heavy atom. The number of hydrogen-bond acceptors (Lipinski definition) is 5. The van der Waals surface area contributed by atoms with Gasteiger partial charge in [-0.3, -0.25) is 9.59 Å². The van der Waals surface area contributed by atoms with Crippen molar-refractivity contribution in [1.29, 1.82) is 0 Å². The molecule has 0 fully saturated rings. The average molecular weight is 358 g/mol. The Balaban J connectivity index is 1.84. The quantitative estimate of drug-likeness (QED) is 0.857. The lowest BCUT2D eigenvalue weighted by atomic mass is 9.96. The molecule has 7 nitrogen and oxygen atoms in total. The van der Waals surface area contributed by atoms with Crippen LogP contribution in [0.4, 0.5) is 5.69 Å². The number of likely N-dealkylation sites (N-methyl/N-ethyl adjacent to an activating group) is 1. The van der Waals surface area contributed by atoms with Gasteiger partial charge in [0.25, 0.3) is 0 Å². The molecule has 1 aromatic carbocycles. The Bertz CT molecular complexity index is 758. The Morgan fingerprint density at radius 3 is 2.35 bits per heavy atom. The second-order valence-electron chi connectivity index (χ2n) is 7.47. The first-order valence-electron chi connectivity index (χ1n) is 8.57. The third-order valence-corrected chi connectivity index (χ3v) is 3.80. The summed E-state index contributed by atoms with van der Waals surface area (Å²) in [5.41, 5.74) is 1.42. The second-order valence-corrected chi connectivity index (χ2v) is 7.47. The average Bonchev–Trinajstić information content (AvgIpc) is 3.04. The zero-order chi connectivity index (χ0) is 19.3. The lowest BCUT2D eigenvalue weighted by Crippen LogP contribution is -2.23. The Kier molecular flexibility index (Phi) is 6.13. The molecule has 0 spiro atoms. The number of amides is 2. The van der Waals surface area contributed by atoms with E-state index < -0.39 is 0 Å². The van der Waals surface area contributed by atoms with Gasteiger partial charge in [0.2, 0.25) is 17.7 Å². The highest BCUT2D eigenvalue weighted by Crippen LogP contribution is 2.19. The predicted molar refractivity (Wildman–Crippen MR) is 98.8 cm³/mol. The number of anilines is 1. The van der Waals surface area contributed by atoms with E-state index >= 15 is 0 Å². The number of carbonyl (C=O) groups excluding carboxylic acids is 2. The number of aryl methyl sites for hydroxylation is 1. The van der Waals surface area contributed by atoms with E-state index in [2.05, 4.69) is 15.5 Å². The molecule has 0 saturated heterocycles. The van der Waals surface area contributed by atoms with Gasteiger partial charge in [0, 0.05) is 38.0 Å². The van der Waals surface area contributed by atoms with Crippen molar-refractivity contribution in [3.8, 4) is 0 Å². The molecule has 2 rings (SSSR count). The maximum atomic E-state index is 12.1. The first kappa shape index (κ1) is 19.6. The molecular formula is C19H26N4O3. The van der Waals surface area contributed by atoms with Crippen molar-refractivity contribution in [1.82, 2.24) is 15.0 Å². The number of benzene rings is 1. The largest absolute Gasteiger partial charge is 0.349 e. The number of rotatable bonds is 6. The van der Waals surface area contributed by atoms with Crippen LogP contribution in [0, 0.1) is 0 Å². The monoisotopic (exact) mass is 358 g/mol. The van der Waals surface area contributed by atoms with Crippen molar-refractivity contribution in [2.24, 2.45) is 0 Å². The minimum absolute atomic E-state index is 0.0379. The Morgan fingerprint density at radius 2 is 1.81 bits per heavy atom. The summed E-state index contributed by atoms with van der Waals surface area (Å²) in [6.45, 7) is 6.01. The molecule has 1 heterocycles. The van der Waals surface area contributed by atoms with E-state index in [-0.39, 0.29) is 23.7 Å². The minimum atomic E-state index is -0.181. The molecule has 2 amide bonds. The van der Waals surface area contributed by atoms with Crippen LogP contribution in [0.2, 0.25) is 0 Å². The van der Waals surface area contributed by atoms with E-state index in [1.807, 2.05) is 32.9 Å². The first-order valence-corrected chi connectivity index (χ1v) is 8.57. The molecule has 26 heavy (non-hydrogen) atoms. The highest BCUT2D eigenvalue weighted by molar-refractivity contribution is 5.90. The molecule has 0 radical (unpaired) electrons. The summed E-state index contributed by atoms with van der Waals surface area (Å²) in [6.07, 6.45) is 0.992. The normalized spacial score (nSPS) is 11.3. The van der Waals surface area contributed by atoms with Gasteiger partial charge < -0.3 is 14.7 Å². The second kappa shape index (κ2) is 8.12. The summed E-state index contributed by atoms with van der Waals surface area (Å²) in [6, 6.07) is 7.26. The fraction of sp³-hybridized carbons (Fsp3) is 0.474. The van der Waals surface area contributed by atoms with Crippen molar-refractivity contribution in [2.45, 2.75) is 45.4 Å². The van der Waals surface area contributed by atoms with Crippen molar-refractivity contribution in [3.05, 3.63) is 41.5 Å². The van der Waals surface area contributed by atoms with Crippen LogP contribution in [0.15, 0.2) is 28.8 Å². The Labute approximate surface area is 153 Å². The van der Waals surface area contributed by atoms with Gasteiger partial charge in [-0.25, -0.2) is 0 Å². The van der Waals surface area contributed by atoms with Crippen LogP contribution in [0.5, 0.6) is 0 Å². The molecule has 7 heteroatoms. The number of hydrogen-bond donors (Lipinski definition) is 1. The van der Waals surface area contributed by atoms with Gasteiger partial charge in [0.1, 0.15) is 0 Å². The van der Waals surface area contributed by atoms with Gasteiger partial charge in [-0.15, -0.1) is 0 Å². The molecule has 0 aliphatic heterocycles. The van der Waals surface area contributed by atoms with E-state index in [0.29, 0.717) is 30.2 Å². The van der Waals surface area contributed by atoms with E-state index in [9.17, 15) is 9.59 Å². The summed E-state index contributed by atoms with van der Waals surface area (Å²) in [5, 5.41) is 6.77. The molecule has 0 aliphatic rings. The van der Waals surface area contributed by atoms with Crippen LogP contribution in [-0.4, -0.2) is 41.0 Å². The van der Waals surface area contributed by atoms with Crippen molar-refractivity contribution >= 4 is 17.5 Å². The lowest BCUT2D eigenvalue weighted by molar-refractivity contribution is -0.128. The smallest absolute Gasteiger partial charge is 0.227 e. The SMILES string of the molecule is CN(C)C(=O)Cc1ccc(NC(=O)CCc2nc(C(C)(C)C)no2)cc1. The highest BCUT2D eigenvalue weighted by Gasteiger charge is 2.21. The zero-order valence-electron chi connectivity index (χ0n) is 16.0. The minimum Gasteiger partial charge on any atom is -0.349 e. The van der Waals surface area contributed by atoms with Gasteiger partial charge in [-0.1, -0.05) is 38.1 Å². The van der Waals surface area contributed by atoms with E-state index in [1.54, 1.807) is 31.1 Å². The summed E-state index contributed by atoms with van der Waals surface area (Å²) in [4.78, 5) is 29.6. The summed E-state index contributed by atoms with van der Waals surface area (Å²) < 4.78 is 5.19. The van der Waals surface area contributed by atoms with E-state index in [0.717, 1.165) is 5.56 Å². The van der Waals surface area contributed by atoms with Crippen LogP contribution in [0.25, 0.3) is 0 Å². The van der Waals surface area contributed by atoms with E-state index in [4.69, 9.17) is 4.52 Å². The molecular weight excluding hydrogens is 332 g/mol. The molecule has 0 aliphatic carbocycles. The molecule has 2 aromatic rings. The van der Waals surface area contributed by atoms with Crippen LogP contribution < -0.4 is 5.32 Å². The molecule has 0 atom stereocenters. The number of carbonyl (C=O) groups is 2. The van der Waals surface area contributed by atoms with Crippen LogP contribution in [0.1, 0.15) is 44.5 Å². The number of nitrogens with one attached hydrogen (secondary N) is 1. The number of aromatic nitrogens is 2. The maximum Gasteiger partial charge on any atom is 0.227 e. The van der Waals surface area contributed by atoms with Gasteiger partial charge in [-0.05, 0) is 17.7 Å². The third-order valence-electron chi connectivity index (χ3n) is 3.80. The van der Waals surface area contributed by atoms with E-state index in [1.165, 1.54) is 0 Å². The summed E-state index contributed by atoms with van der Waals surface area (Å²) in [7, 11) is 3.45.